The Balaban J connectivity index is -0.00000000615. The van der Waals surface area contributed by atoms with Crippen molar-refractivity contribution < 1.29 is 92.1 Å². The monoisotopic (exact) mass is 376 g/mol. The van der Waals surface area contributed by atoms with Gasteiger partial charge in [0.15, 0.2) is 0 Å². The van der Waals surface area contributed by atoms with Crippen molar-refractivity contribution in [2.45, 2.75) is 0 Å². The van der Waals surface area contributed by atoms with Crippen molar-refractivity contribution in [3.05, 3.63) is 0 Å². The van der Waals surface area contributed by atoms with Crippen LogP contribution >= 0.6 is 0 Å². The van der Waals surface area contributed by atoms with E-state index in [1.54, 1.807) is 0 Å². The van der Waals surface area contributed by atoms with Crippen LogP contribution in [0.3, 0.4) is 0 Å². The molecule has 0 spiro atoms. The third kappa shape index (κ3) is 134000. The quantitative estimate of drug-likeness (QED) is 0.173. The van der Waals surface area contributed by atoms with Crippen LogP contribution < -0.4 is 0 Å². The van der Waals surface area contributed by atoms with E-state index in [-0.39, 0.29) is 55.4 Å². The molecular weight excluding hydrogens is 356 g/mol. The van der Waals surface area contributed by atoms with Gasteiger partial charge >= 0.3 is 19.4 Å². The van der Waals surface area contributed by atoms with Gasteiger partial charge in [-0.2, -0.15) is 8.42 Å². The van der Waals surface area contributed by atoms with Crippen LogP contribution in [-0.4, -0.2) is 84.1 Å². The van der Waals surface area contributed by atoms with Gasteiger partial charge in [0.25, 0.3) is 0 Å². The third-order valence-electron chi connectivity index (χ3n) is 0. The first kappa shape index (κ1) is 80.3. The Morgan fingerprint density at radius 3 is 0.611 bits per heavy atom. The molecule has 18 heteroatoms. The van der Waals surface area contributed by atoms with E-state index in [0.29, 0.717) is 0 Å². The van der Waals surface area contributed by atoms with Crippen molar-refractivity contribution in [3.63, 3.8) is 0 Å². The topological polar surface area (TPSA) is 376 Å². The van der Waals surface area contributed by atoms with Crippen LogP contribution in [0.25, 0.3) is 0 Å². The van der Waals surface area contributed by atoms with Gasteiger partial charge in [0.2, 0.25) is 0 Å². The van der Waals surface area contributed by atoms with Crippen LogP contribution in [-0.2, 0) is 27.5 Å². The molecule has 0 aliphatic rings. The Bertz CT molecular complexity index is 151. The summed E-state index contributed by atoms with van der Waals surface area (Å²) in [5.41, 5.74) is 0. The molecule has 0 amide bonds. The van der Waals surface area contributed by atoms with E-state index in [0.717, 1.165) is 0 Å². The first-order chi connectivity index (χ1) is 4.00. The fraction of sp³-hybridized carbons (Fsp3) is 0. The molecule has 0 rings (SSSR count). The number of hydrogen-bond acceptors (Lipinski definition) is 6. The maximum Gasteiger partial charge on any atom is 0.668 e. The summed E-state index contributed by atoms with van der Waals surface area (Å²) < 4.78 is 31.6. The minimum atomic E-state index is -4.67. The first-order valence-electron chi connectivity index (χ1n) is 1.59. The predicted octanol–water partition coefficient (Wildman–Crippen LogP) is -9.04. The zero-order valence-electron chi connectivity index (χ0n) is 8.26. The number of rotatable bonds is 0. The molecule has 20 N–H and O–H groups in total. The molecule has 0 aromatic carbocycles. The molecule has 15 nitrogen and oxygen atoms in total. The van der Waals surface area contributed by atoms with E-state index in [2.05, 4.69) is 0 Å². The predicted molar refractivity (Wildman–Crippen MR) is 54.1 cm³/mol. The van der Waals surface area contributed by atoms with Gasteiger partial charge in [-0.25, -0.2) is 0 Å². The second kappa shape index (κ2) is 30.3. The van der Waals surface area contributed by atoms with Crippen LogP contribution in [0, 0.1) is 0 Å². The third-order valence-corrected chi connectivity index (χ3v) is 0. The zero-order valence-corrected chi connectivity index (χ0v) is 11.2. The van der Waals surface area contributed by atoms with Crippen molar-refractivity contribution in [2.75, 3.05) is 0 Å². The fourth-order valence-corrected chi connectivity index (χ4v) is 0. The van der Waals surface area contributed by atoms with Crippen LogP contribution in [0.4, 0.5) is 0 Å². The summed E-state index contributed by atoms with van der Waals surface area (Å²) in [6.45, 7) is 0. The van der Waals surface area contributed by atoms with Gasteiger partial charge in [-0.15, -0.1) is 0 Å². The van der Waals surface area contributed by atoms with E-state index in [9.17, 15) is 0 Å². The molecule has 0 aliphatic carbocycles. The van der Waals surface area contributed by atoms with Gasteiger partial charge in [0.1, 0.15) is 0 Å². The first-order valence-corrected chi connectivity index (χ1v) is 4.78. The molecule has 18 heavy (non-hydrogen) atoms. The zero-order chi connectivity index (χ0) is 9.00. The molecule has 0 radical (unpaired) electrons. The summed E-state index contributed by atoms with van der Waals surface area (Å²) in [7, 11) is -9.28. The largest absolute Gasteiger partial charge is 0.668 e. The van der Waals surface area contributed by atoms with Gasteiger partial charge in [0.05, 0.1) is 0 Å². The Morgan fingerprint density at radius 1 is 0.611 bits per heavy atom. The Labute approximate surface area is 112 Å². The molecule has 0 bridgehead atoms. The van der Waals surface area contributed by atoms with Gasteiger partial charge in [-0.3, -0.25) is 9.11 Å². The molecule has 0 saturated carbocycles. The summed E-state index contributed by atoms with van der Waals surface area (Å²) in [6.07, 6.45) is 0. The molecule has 0 fully saturated rings. The SMILES string of the molecule is O.O.O.O.O.O.O.O=S(=O)(O)O.O[Si](O)(O)O.[Fe]. The van der Waals surface area contributed by atoms with Crippen LogP contribution in [0.2, 0.25) is 0 Å². The molecule has 0 heterocycles. The maximum absolute atomic E-state index is 8.74. The van der Waals surface area contributed by atoms with E-state index in [1.165, 1.54) is 0 Å². The summed E-state index contributed by atoms with van der Waals surface area (Å²) in [4.78, 5) is 29.3. The van der Waals surface area contributed by atoms with Crippen LogP contribution in [0.5, 0.6) is 0 Å². The minimum absolute atomic E-state index is 0. The molecule has 0 unspecified atom stereocenters. The van der Waals surface area contributed by atoms with Gasteiger partial charge < -0.3 is 57.5 Å². The minimum Gasteiger partial charge on any atom is -0.412 e. The average molecular weight is 376 g/mol. The van der Waals surface area contributed by atoms with Crippen molar-refractivity contribution in [3.8, 4) is 0 Å². The standard InChI is InChI=1S/Fe.H2O4S.H4O4Si.7H2O/c;2*1-5(2,3)4;;;;;;;/h;(H2,1,2,3,4);1-4H;7*1H2. The van der Waals surface area contributed by atoms with Crippen molar-refractivity contribution in [2.24, 2.45) is 0 Å². The molecule has 0 aromatic heterocycles. The molecular formula is H20FeO15SSi. The molecule has 0 saturated heterocycles. The summed E-state index contributed by atoms with van der Waals surface area (Å²) in [6, 6.07) is 0. The molecule has 0 aromatic rings. The Kier molecular flexibility index (Phi) is 135. The van der Waals surface area contributed by atoms with Gasteiger partial charge in [-0.1, -0.05) is 0 Å². The van der Waals surface area contributed by atoms with Crippen molar-refractivity contribution >= 4 is 19.4 Å². The van der Waals surface area contributed by atoms with E-state index >= 15 is 0 Å². The summed E-state index contributed by atoms with van der Waals surface area (Å²) in [5.74, 6) is 0. The van der Waals surface area contributed by atoms with Gasteiger partial charge in [0, 0.05) is 17.1 Å². The number of hydrogen-bond donors (Lipinski definition) is 6. The van der Waals surface area contributed by atoms with Crippen molar-refractivity contribution in [1.29, 1.82) is 0 Å². The molecule has 0 atom stereocenters. The normalized spacial score (nSPS) is 6.56. The van der Waals surface area contributed by atoms with Gasteiger partial charge in [-0.05, 0) is 0 Å². The molecule has 0 aliphatic heterocycles. The second-order valence-electron chi connectivity index (χ2n) is 1.05. The van der Waals surface area contributed by atoms with Crippen molar-refractivity contribution in [1.82, 2.24) is 0 Å². The Hall–Kier alpha value is 0.166. The summed E-state index contributed by atoms with van der Waals surface area (Å²) in [5, 5.41) is 0. The van der Waals surface area contributed by atoms with Crippen LogP contribution in [0.1, 0.15) is 0 Å². The van der Waals surface area contributed by atoms with E-state index in [4.69, 9.17) is 36.7 Å². The summed E-state index contributed by atoms with van der Waals surface area (Å²) >= 11 is 0. The fourth-order valence-electron chi connectivity index (χ4n) is 0. The second-order valence-corrected chi connectivity index (χ2v) is 3.14. The Morgan fingerprint density at radius 2 is 0.611 bits per heavy atom. The maximum atomic E-state index is 8.74. The molecule has 128 valence electrons. The van der Waals surface area contributed by atoms with E-state index in [1.807, 2.05) is 0 Å². The average Bonchev–Trinajstić information content (AvgIpc) is 1.12. The smallest absolute Gasteiger partial charge is 0.412 e. The van der Waals surface area contributed by atoms with E-state index < -0.39 is 19.4 Å². The van der Waals surface area contributed by atoms with Crippen LogP contribution in [0.15, 0.2) is 0 Å².